The summed E-state index contributed by atoms with van der Waals surface area (Å²) in [5, 5.41) is 3.55. The highest BCUT2D eigenvalue weighted by Gasteiger charge is 2.25. The van der Waals surface area contributed by atoms with Gasteiger partial charge in [0, 0.05) is 56.4 Å². The first-order chi connectivity index (χ1) is 15.5. The summed E-state index contributed by atoms with van der Waals surface area (Å²) in [6, 6.07) is 14.9. The first-order valence-corrected chi connectivity index (χ1v) is 11.3. The summed E-state index contributed by atoms with van der Waals surface area (Å²) in [5.41, 5.74) is 2.64. The molecule has 2 heterocycles. The van der Waals surface area contributed by atoms with Crippen molar-refractivity contribution in [3.05, 3.63) is 64.7 Å². The molecule has 0 aromatic heterocycles. The van der Waals surface area contributed by atoms with Crippen LogP contribution in [0, 0.1) is 0 Å². The molecule has 8 heteroatoms. The van der Waals surface area contributed by atoms with E-state index in [-0.39, 0.29) is 24.3 Å². The maximum absolute atomic E-state index is 12.6. The third-order valence-corrected chi connectivity index (χ3v) is 6.33. The van der Waals surface area contributed by atoms with E-state index in [0.29, 0.717) is 44.2 Å². The van der Waals surface area contributed by atoms with Gasteiger partial charge >= 0.3 is 6.03 Å². The highest BCUT2D eigenvalue weighted by atomic mass is 35.5. The van der Waals surface area contributed by atoms with Crippen molar-refractivity contribution in [3.63, 3.8) is 0 Å². The second kappa shape index (κ2) is 10.0. The Bertz CT molecular complexity index is 1000. The molecule has 4 amide bonds. The summed E-state index contributed by atoms with van der Waals surface area (Å²) in [5.74, 6) is 0.166. The van der Waals surface area contributed by atoms with Crippen molar-refractivity contribution in [2.75, 3.05) is 37.6 Å². The van der Waals surface area contributed by atoms with Gasteiger partial charge in [-0.05, 0) is 35.7 Å². The number of halogens is 1. The quantitative estimate of drug-likeness (QED) is 0.754. The second-order valence-electron chi connectivity index (χ2n) is 8.11. The van der Waals surface area contributed by atoms with Crippen LogP contribution in [0.2, 0.25) is 5.02 Å². The van der Waals surface area contributed by atoms with Crippen LogP contribution in [0.3, 0.4) is 0 Å². The summed E-state index contributed by atoms with van der Waals surface area (Å²) in [6.45, 7) is 3.12. The van der Waals surface area contributed by atoms with Crippen LogP contribution >= 0.6 is 11.6 Å². The lowest BCUT2D eigenvalue weighted by Gasteiger charge is -2.35. The third-order valence-electron chi connectivity index (χ3n) is 5.96. The molecule has 0 atom stereocenters. The lowest BCUT2D eigenvalue weighted by atomic mass is 10.1. The van der Waals surface area contributed by atoms with E-state index >= 15 is 0 Å². The van der Waals surface area contributed by atoms with E-state index in [0.717, 1.165) is 29.8 Å². The SMILES string of the molecule is O=C(Cc1ccccc1Cl)N1CCN(C(=O)NCc2cccc(N3CCCC3=O)c2)CC1. The van der Waals surface area contributed by atoms with Gasteiger partial charge in [0.15, 0.2) is 0 Å². The van der Waals surface area contributed by atoms with Crippen LogP contribution in [0.1, 0.15) is 24.0 Å². The number of hydrogen-bond acceptors (Lipinski definition) is 3. The molecule has 0 saturated carbocycles. The molecule has 1 N–H and O–H groups in total. The molecule has 168 valence electrons. The van der Waals surface area contributed by atoms with E-state index in [1.54, 1.807) is 20.8 Å². The zero-order valence-corrected chi connectivity index (χ0v) is 18.7. The Kier molecular flexibility index (Phi) is 6.95. The number of nitrogens with one attached hydrogen (secondary N) is 1. The van der Waals surface area contributed by atoms with Gasteiger partial charge < -0.3 is 20.0 Å². The number of carbonyl (C=O) groups is 3. The summed E-state index contributed by atoms with van der Waals surface area (Å²) in [6.07, 6.45) is 1.74. The van der Waals surface area contributed by atoms with Gasteiger partial charge in [-0.25, -0.2) is 4.79 Å². The monoisotopic (exact) mass is 454 g/mol. The molecule has 2 fully saturated rings. The van der Waals surface area contributed by atoms with Gasteiger partial charge in [-0.2, -0.15) is 0 Å². The van der Waals surface area contributed by atoms with E-state index < -0.39 is 0 Å². The molecule has 0 bridgehead atoms. The Morgan fingerprint density at radius 1 is 0.938 bits per heavy atom. The van der Waals surface area contributed by atoms with Crippen molar-refractivity contribution in [1.82, 2.24) is 15.1 Å². The summed E-state index contributed by atoms with van der Waals surface area (Å²) >= 11 is 6.16. The number of piperazine rings is 1. The molecule has 2 aromatic carbocycles. The van der Waals surface area contributed by atoms with Crippen molar-refractivity contribution >= 4 is 35.1 Å². The van der Waals surface area contributed by atoms with Gasteiger partial charge in [0.2, 0.25) is 11.8 Å². The minimum atomic E-state index is -0.147. The normalized spacial score (nSPS) is 16.4. The average molecular weight is 455 g/mol. The number of urea groups is 1. The molecule has 2 aliphatic rings. The van der Waals surface area contributed by atoms with E-state index in [1.807, 2.05) is 42.5 Å². The van der Waals surface area contributed by atoms with Crippen LogP contribution in [-0.4, -0.2) is 60.4 Å². The number of nitrogens with zero attached hydrogens (tertiary/aromatic N) is 3. The van der Waals surface area contributed by atoms with E-state index in [2.05, 4.69) is 5.32 Å². The van der Waals surface area contributed by atoms with Crippen molar-refractivity contribution < 1.29 is 14.4 Å². The lowest BCUT2D eigenvalue weighted by Crippen LogP contribution is -2.53. The van der Waals surface area contributed by atoms with Gasteiger partial charge in [0.05, 0.1) is 6.42 Å². The van der Waals surface area contributed by atoms with Crippen LogP contribution in [0.15, 0.2) is 48.5 Å². The van der Waals surface area contributed by atoms with E-state index in [1.165, 1.54) is 0 Å². The zero-order chi connectivity index (χ0) is 22.5. The molecule has 2 saturated heterocycles. The first-order valence-electron chi connectivity index (χ1n) is 10.9. The lowest BCUT2D eigenvalue weighted by molar-refractivity contribution is -0.131. The van der Waals surface area contributed by atoms with Gasteiger partial charge in [0.25, 0.3) is 0 Å². The highest BCUT2D eigenvalue weighted by molar-refractivity contribution is 6.31. The van der Waals surface area contributed by atoms with Gasteiger partial charge in [-0.3, -0.25) is 9.59 Å². The molecular formula is C24H27ClN4O3. The average Bonchev–Trinajstić information content (AvgIpc) is 3.25. The predicted octanol–water partition coefficient (Wildman–Crippen LogP) is 3.06. The smallest absolute Gasteiger partial charge is 0.317 e. The molecule has 0 unspecified atom stereocenters. The fourth-order valence-corrected chi connectivity index (χ4v) is 4.32. The molecule has 2 aromatic rings. The third kappa shape index (κ3) is 5.22. The molecule has 4 rings (SSSR count). The van der Waals surface area contributed by atoms with E-state index in [9.17, 15) is 14.4 Å². The van der Waals surface area contributed by atoms with Gasteiger partial charge in [0.1, 0.15) is 0 Å². The fraction of sp³-hybridized carbons (Fsp3) is 0.375. The number of anilines is 1. The van der Waals surface area contributed by atoms with Gasteiger partial charge in [-0.15, -0.1) is 0 Å². The molecular weight excluding hydrogens is 428 g/mol. The Balaban J connectivity index is 1.25. The van der Waals surface area contributed by atoms with Crippen LogP contribution in [0.5, 0.6) is 0 Å². The minimum absolute atomic E-state index is 0.0198. The molecule has 0 spiro atoms. The Morgan fingerprint density at radius 2 is 1.69 bits per heavy atom. The highest BCUT2D eigenvalue weighted by Crippen LogP contribution is 2.22. The van der Waals surface area contributed by atoms with Crippen molar-refractivity contribution in [2.24, 2.45) is 0 Å². The molecule has 0 radical (unpaired) electrons. The maximum atomic E-state index is 12.6. The van der Waals surface area contributed by atoms with E-state index in [4.69, 9.17) is 11.6 Å². The number of hydrogen-bond donors (Lipinski definition) is 1. The Morgan fingerprint density at radius 3 is 2.41 bits per heavy atom. The topological polar surface area (TPSA) is 73.0 Å². The summed E-state index contributed by atoms with van der Waals surface area (Å²) < 4.78 is 0. The van der Waals surface area contributed by atoms with Crippen molar-refractivity contribution in [2.45, 2.75) is 25.8 Å². The molecule has 32 heavy (non-hydrogen) atoms. The van der Waals surface area contributed by atoms with Crippen molar-refractivity contribution in [3.8, 4) is 0 Å². The van der Waals surface area contributed by atoms with Crippen LogP contribution in [0.4, 0.5) is 10.5 Å². The number of benzene rings is 2. The van der Waals surface area contributed by atoms with Crippen LogP contribution < -0.4 is 10.2 Å². The largest absolute Gasteiger partial charge is 0.339 e. The Labute approximate surface area is 192 Å². The number of carbonyl (C=O) groups excluding carboxylic acids is 3. The summed E-state index contributed by atoms with van der Waals surface area (Å²) in [4.78, 5) is 42.5. The van der Waals surface area contributed by atoms with Crippen LogP contribution in [0.25, 0.3) is 0 Å². The fourth-order valence-electron chi connectivity index (χ4n) is 4.12. The minimum Gasteiger partial charge on any atom is -0.339 e. The van der Waals surface area contributed by atoms with Crippen molar-refractivity contribution in [1.29, 1.82) is 0 Å². The van der Waals surface area contributed by atoms with Crippen LogP contribution in [-0.2, 0) is 22.6 Å². The standard InChI is InChI=1S/C24H27ClN4O3/c25-21-8-2-1-6-19(21)16-23(31)27-11-13-28(14-12-27)24(32)26-17-18-5-3-7-20(15-18)29-10-4-9-22(29)30/h1-3,5-8,15H,4,9-14,16-17H2,(H,26,32). The molecule has 0 aliphatic carbocycles. The molecule has 2 aliphatic heterocycles. The molecule has 7 nitrogen and oxygen atoms in total. The van der Waals surface area contributed by atoms with Gasteiger partial charge in [-0.1, -0.05) is 41.9 Å². The zero-order valence-electron chi connectivity index (χ0n) is 17.9. The first kappa shape index (κ1) is 22.1. The number of rotatable bonds is 5. The summed E-state index contributed by atoms with van der Waals surface area (Å²) in [7, 11) is 0. The predicted molar refractivity (Wildman–Crippen MR) is 124 cm³/mol. The second-order valence-corrected chi connectivity index (χ2v) is 8.52. The number of amides is 4. The Hall–Kier alpha value is -3.06. The maximum Gasteiger partial charge on any atom is 0.317 e.